The molecule has 0 aromatic heterocycles. The minimum Gasteiger partial charge on any atom is -0.462 e. The Morgan fingerprint density at radius 3 is 1.64 bits per heavy atom. The third-order valence-corrected chi connectivity index (χ3v) is 7.74. The second-order valence-electron chi connectivity index (χ2n) is 11.6. The fourth-order valence-corrected chi connectivity index (χ4v) is 5.01. The highest BCUT2D eigenvalue weighted by Crippen LogP contribution is 2.22. The van der Waals surface area contributed by atoms with Crippen LogP contribution in [0.1, 0.15) is 136 Å². The molecule has 0 bridgehead atoms. The molecule has 1 aliphatic rings. The lowest BCUT2D eigenvalue weighted by molar-refractivity contribution is -0.305. The van der Waals surface area contributed by atoms with Gasteiger partial charge in [0, 0.05) is 12.8 Å². The molecule has 0 unspecified atom stereocenters. The van der Waals surface area contributed by atoms with Crippen molar-refractivity contribution >= 4 is 11.9 Å². The van der Waals surface area contributed by atoms with Crippen LogP contribution < -0.4 is 0 Å². The number of unbranched alkanes of at least 4 members (excludes halogenated alkanes) is 15. The molecule has 6 atom stereocenters. The average Bonchev–Trinajstić information content (AvgIpc) is 2.98. The van der Waals surface area contributed by atoms with Crippen LogP contribution >= 0.6 is 0 Å². The van der Waals surface area contributed by atoms with Gasteiger partial charge in [-0.05, 0) is 12.8 Å². The summed E-state index contributed by atoms with van der Waals surface area (Å²) in [4.78, 5) is 24.7. The second-order valence-corrected chi connectivity index (χ2v) is 11.6. The summed E-state index contributed by atoms with van der Waals surface area (Å²) in [6.45, 7) is 3.25. The van der Waals surface area contributed by atoms with Crippen molar-refractivity contribution in [3.8, 4) is 0 Å². The van der Waals surface area contributed by atoms with Gasteiger partial charge in [-0.25, -0.2) is 0 Å². The lowest BCUT2D eigenvalue weighted by atomic mass is 9.99. The number of aliphatic hydroxyl groups excluding tert-OH is 4. The summed E-state index contributed by atoms with van der Waals surface area (Å²) in [6.07, 6.45) is 11.9. The first-order chi connectivity index (χ1) is 20.3. The Kier molecular flexibility index (Phi) is 23.1. The molecule has 1 rings (SSSR count). The van der Waals surface area contributed by atoms with Crippen molar-refractivity contribution in [2.75, 3.05) is 19.8 Å². The van der Waals surface area contributed by atoms with E-state index < -0.39 is 49.4 Å². The van der Waals surface area contributed by atoms with E-state index in [1.807, 2.05) is 0 Å². The lowest BCUT2D eigenvalue weighted by Gasteiger charge is -2.39. The van der Waals surface area contributed by atoms with Crippen LogP contribution in [0.2, 0.25) is 0 Å². The minimum absolute atomic E-state index is 0.213. The quantitative estimate of drug-likeness (QED) is 0.0807. The number of hydrogen-bond donors (Lipinski definition) is 4. The summed E-state index contributed by atoms with van der Waals surface area (Å²) in [6, 6.07) is 0. The van der Waals surface area contributed by atoms with Crippen LogP contribution in [-0.4, -0.2) is 89.0 Å². The molecule has 42 heavy (non-hydrogen) atoms. The highest BCUT2D eigenvalue weighted by atomic mass is 16.7. The number of esters is 2. The number of rotatable bonds is 26. The predicted molar refractivity (Wildman–Crippen MR) is 160 cm³/mol. The normalized spacial score (nSPS) is 23.0. The molecule has 1 aliphatic heterocycles. The Balaban J connectivity index is 2.35. The van der Waals surface area contributed by atoms with Gasteiger partial charge >= 0.3 is 11.9 Å². The summed E-state index contributed by atoms with van der Waals surface area (Å²) in [5, 5.41) is 39.5. The molecule has 0 spiro atoms. The topological polar surface area (TPSA) is 152 Å². The molecule has 1 heterocycles. The van der Waals surface area contributed by atoms with Crippen molar-refractivity contribution in [2.45, 2.75) is 173 Å². The first-order valence-electron chi connectivity index (χ1n) is 16.6. The predicted octanol–water partition coefficient (Wildman–Crippen LogP) is 4.71. The molecular formula is C32H60O10. The van der Waals surface area contributed by atoms with Gasteiger partial charge in [0.15, 0.2) is 12.4 Å². The minimum atomic E-state index is -1.58. The van der Waals surface area contributed by atoms with E-state index in [-0.39, 0.29) is 32.0 Å². The lowest BCUT2D eigenvalue weighted by Crippen LogP contribution is -2.59. The maximum Gasteiger partial charge on any atom is 0.306 e. The Morgan fingerprint density at radius 2 is 1.12 bits per heavy atom. The van der Waals surface area contributed by atoms with Gasteiger partial charge in [0.1, 0.15) is 31.0 Å². The zero-order valence-corrected chi connectivity index (χ0v) is 26.3. The molecule has 10 heteroatoms. The monoisotopic (exact) mass is 604 g/mol. The van der Waals surface area contributed by atoms with Crippen molar-refractivity contribution < 1.29 is 49.0 Å². The molecule has 1 saturated heterocycles. The van der Waals surface area contributed by atoms with Crippen LogP contribution in [0.4, 0.5) is 0 Å². The van der Waals surface area contributed by atoms with Crippen molar-refractivity contribution in [3.05, 3.63) is 0 Å². The fraction of sp³-hybridized carbons (Fsp3) is 0.938. The average molecular weight is 605 g/mol. The molecule has 1 fully saturated rings. The molecule has 0 radical (unpaired) electrons. The van der Waals surface area contributed by atoms with E-state index in [2.05, 4.69) is 13.8 Å². The highest BCUT2D eigenvalue weighted by molar-refractivity contribution is 5.70. The van der Waals surface area contributed by atoms with Crippen LogP contribution in [-0.2, 0) is 28.5 Å². The molecule has 4 N–H and O–H groups in total. The number of aliphatic hydroxyl groups is 4. The van der Waals surface area contributed by atoms with Gasteiger partial charge in [-0.15, -0.1) is 0 Å². The molecule has 0 aliphatic carbocycles. The smallest absolute Gasteiger partial charge is 0.306 e. The Labute approximate surface area is 253 Å². The summed E-state index contributed by atoms with van der Waals surface area (Å²) >= 11 is 0. The van der Waals surface area contributed by atoms with E-state index in [1.54, 1.807) is 0 Å². The Hall–Kier alpha value is -1.30. The third kappa shape index (κ3) is 17.7. The molecule has 0 aromatic rings. The standard InChI is InChI=1S/C32H60O10/c1-3-5-7-9-10-11-12-13-14-15-16-17-19-20-27(34)39-23-25(41-28(35)21-18-8-6-4-2)24-40-32-31(38)30(37)29(36)26(22-33)42-32/h25-26,29-33,36-38H,3-24H2,1-2H3/t25-,26-,29+,30+,31-,32-/m1/s1. The number of ether oxygens (including phenoxy) is 4. The first kappa shape index (κ1) is 38.7. The summed E-state index contributed by atoms with van der Waals surface area (Å²) in [5.74, 6) is -0.823. The van der Waals surface area contributed by atoms with Gasteiger partial charge in [0.2, 0.25) is 0 Å². The Bertz CT molecular complexity index is 674. The Morgan fingerprint density at radius 1 is 0.643 bits per heavy atom. The van der Waals surface area contributed by atoms with Gasteiger partial charge in [-0.1, -0.05) is 110 Å². The SMILES string of the molecule is CCCCCCCCCCCCCCCC(=O)OC[C@H](CO[C@@H]1O[C@H](CO)[C@H](O)[C@H](O)[C@H]1O)OC(=O)CCCCCC. The maximum absolute atomic E-state index is 12.4. The van der Waals surface area contributed by atoms with E-state index in [9.17, 15) is 30.0 Å². The van der Waals surface area contributed by atoms with Gasteiger partial charge in [-0.3, -0.25) is 9.59 Å². The van der Waals surface area contributed by atoms with Crippen molar-refractivity contribution in [2.24, 2.45) is 0 Å². The number of hydrogen-bond acceptors (Lipinski definition) is 10. The number of carbonyl (C=O) groups is 2. The van der Waals surface area contributed by atoms with Crippen molar-refractivity contribution in [3.63, 3.8) is 0 Å². The fourth-order valence-electron chi connectivity index (χ4n) is 5.01. The van der Waals surface area contributed by atoms with Crippen molar-refractivity contribution in [1.29, 1.82) is 0 Å². The zero-order valence-electron chi connectivity index (χ0n) is 26.3. The van der Waals surface area contributed by atoms with Gasteiger partial charge in [0.25, 0.3) is 0 Å². The van der Waals surface area contributed by atoms with Gasteiger partial charge in [0.05, 0.1) is 13.2 Å². The molecule has 0 saturated carbocycles. The van der Waals surface area contributed by atoms with Crippen LogP contribution in [0.25, 0.3) is 0 Å². The second kappa shape index (κ2) is 25.1. The van der Waals surface area contributed by atoms with Crippen LogP contribution in [0, 0.1) is 0 Å². The van der Waals surface area contributed by atoms with Crippen LogP contribution in [0.3, 0.4) is 0 Å². The zero-order chi connectivity index (χ0) is 31.0. The molecular weight excluding hydrogens is 544 g/mol. The third-order valence-electron chi connectivity index (χ3n) is 7.74. The summed E-state index contributed by atoms with van der Waals surface area (Å²) in [5.41, 5.74) is 0. The number of carbonyl (C=O) groups excluding carboxylic acids is 2. The molecule has 10 nitrogen and oxygen atoms in total. The van der Waals surface area contributed by atoms with Crippen LogP contribution in [0.5, 0.6) is 0 Å². The summed E-state index contributed by atoms with van der Waals surface area (Å²) < 4.78 is 21.8. The van der Waals surface area contributed by atoms with Crippen molar-refractivity contribution in [1.82, 2.24) is 0 Å². The van der Waals surface area contributed by atoms with E-state index in [0.717, 1.165) is 38.5 Å². The molecule has 248 valence electrons. The molecule has 0 amide bonds. The van der Waals surface area contributed by atoms with Gasteiger partial charge in [-0.2, -0.15) is 0 Å². The summed E-state index contributed by atoms with van der Waals surface area (Å²) in [7, 11) is 0. The first-order valence-corrected chi connectivity index (χ1v) is 16.6. The van der Waals surface area contributed by atoms with E-state index in [4.69, 9.17) is 18.9 Å². The maximum atomic E-state index is 12.4. The van der Waals surface area contributed by atoms with Gasteiger partial charge < -0.3 is 39.4 Å². The van der Waals surface area contributed by atoms with E-state index >= 15 is 0 Å². The van der Waals surface area contributed by atoms with Crippen LogP contribution in [0.15, 0.2) is 0 Å². The molecule has 0 aromatic carbocycles. The largest absolute Gasteiger partial charge is 0.462 e. The van der Waals surface area contributed by atoms with E-state index in [1.165, 1.54) is 64.2 Å². The highest BCUT2D eigenvalue weighted by Gasteiger charge is 2.44. The van der Waals surface area contributed by atoms with E-state index in [0.29, 0.717) is 6.42 Å².